The zero-order valence-corrected chi connectivity index (χ0v) is 13.4. The first-order chi connectivity index (χ1) is 10.4. The van der Waals surface area contributed by atoms with Crippen LogP contribution in [-0.2, 0) is 11.3 Å². The Balaban J connectivity index is 2.27. The lowest BCUT2D eigenvalue weighted by atomic mass is 10.2. The molecule has 2 aromatic rings. The normalized spacial score (nSPS) is 11.3. The topological polar surface area (TPSA) is 68.2 Å². The molecule has 1 amide bonds. The molecular weight excluding hydrogens is 280 g/mol. The summed E-state index contributed by atoms with van der Waals surface area (Å²) in [6.07, 6.45) is -0.499. The molecule has 0 radical (unpaired) electrons. The number of ether oxygens (including phenoxy) is 1. The molecule has 6 nitrogen and oxygen atoms in total. The smallest absolute Gasteiger partial charge is 0.413 e. The number of hydrogen-bond donors (Lipinski definition) is 2. The summed E-state index contributed by atoms with van der Waals surface area (Å²) in [4.78, 5) is 12.0. The lowest BCUT2D eigenvalue weighted by Crippen LogP contribution is -2.27. The number of para-hydroxylation sites is 1. The van der Waals surface area contributed by atoms with Gasteiger partial charge in [0, 0.05) is 12.6 Å². The Hall–Kier alpha value is -2.34. The van der Waals surface area contributed by atoms with Crippen LogP contribution < -0.4 is 10.6 Å². The van der Waals surface area contributed by atoms with Gasteiger partial charge in [0.2, 0.25) is 0 Å². The van der Waals surface area contributed by atoms with E-state index < -0.39 is 11.7 Å². The summed E-state index contributed by atoms with van der Waals surface area (Å²) in [7, 11) is 1.85. The molecule has 22 heavy (non-hydrogen) atoms. The Morgan fingerprint density at radius 2 is 1.95 bits per heavy atom. The van der Waals surface area contributed by atoms with Crippen LogP contribution in [0, 0.1) is 0 Å². The van der Waals surface area contributed by atoms with Crippen LogP contribution in [-0.4, -0.2) is 28.5 Å². The zero-order valence-electron chi connectivity index (χ0n) is 13.4. The highest BCUT2D eigenvalue weighted by molar-refractivity contribution is 5.84. The van der Waals surface area contributed by atoms with Crippen molar-refractivity contribution in [1.82, 2.24) is 15.1 Å². The minimum atomic E-state index is -0.546. The standard InChI is InChI=1S/C16H22N4O2/c1-16(2,3)22-15(21)18-14-10-12(11-17-4)19-20(14)13-8-6-5-7-9-13/h5-10,17H,11H2,1-4H3,(H,18,21). The highest BCUT2D eigenvalue weighted by Crippen LogP contribution is 2.18. The number of amides is 1. The predicted molar refractivity (Wildman–Crippen MR) is 86.2 cm³/mol. The van der Waals surface area contributed by atoms with Crippen LogP contribution in [0.15, 0.2) is 36.4 Å². The fraction of sp³-hybridized carbons (Fsp3) is 0.375. The van der Waals surface area contributed by atoms with Gasteiger partial charge in [-0.1, -0.05) is 18.2 Å². The van der Waals surface area contributed by atoms with Crippen LogP contribution in [0.5, 0.6) is 0 Å². The van der Waals surface area contributed by atoms with Gasteiger partial charge >= 0.3 is 6.09 Å². The Kier molecular flexibility index (Phi) is 4.82. The number of aromatic nitrogens is 2. The number of anilines is 1. The van der Waals surface area contributed by atoms with E-state index in [0.717, 1.165) is 11.4 Å². The molecule has 0 unspecified atom stereocenters. The van der Waals surface area contributed by atoms with Crippen LogP contribution in [0.4, 0.5) is 10.6 Å². The van der Waals surface area contributed by atoms with Crippen molar-refractivity contribution in [3.05, 3.63) is 42.1 Å². The van der Waals surface area contributed by atoms with E-state index in [4.69, 9.17) is 4.74 Å². The highest BCUT2D eigenvalue weighted by Gasteiger charge is 2.18. The second-order valence-electron chi connectivity index (χ2n) is 5.93. The Morgan fingerprint density at radius 1 is 1.27 bits per heavy atom. The monoisotopic (exact) mass is 302 g/mol. The van der Waals surface area contributed by atoms with Gasteiger partial charge in [-0.15, -0.1) is 0 Å². The van der Waals surface area contributed by atoms with Gasteiger partial charge in [-0.25, -0.2) is 9.48 Å². The van der Waals surface area contributed by atoms with E-state index in [1.54, 1.807) is 4.68 Å². The summed E-state index contributed by atoms with van der Waals surface area (Å²) in [6, 6.07) is 11.5. The summed E-state index contributed by atoms with van der Waals surface area (Å²) in [5, 5.41) is 10.3. The fourth-order valence-electron chi connectivity index (χ4n) is 1.96. The Morgan fingerprint density at radius 3 is 2.55 bits per heavy atom. The maximum atomic E-state index is 12.0. The van der Waals surface area contributed by atoms with Gasteiger partial charge in [0.25, 0.3) is 0 Å². The maximum Gasteiger partial charge on any atom is 0.413 e. The fourth-order valence-corrected chi connectivity index (χ4v) is 1.96. The second-order valence-corrected chi connectivity index (χ2v) is 5.93. The second kappa shape index (κ2) is 6.62. The first kappa shape index (κ1) is 16.0. The molecule has 0 atom stereocenters. The van der Waals surface area contributed by atoms with Crippen LogP contribution in [0.1, 0.15) is 26.5 Å². The average Bonchev–Trinajstić information content (AvgIpc) is 2.80. The van der Waals surface area contributed by atoms with Crippen molar-refractivity contribution < 1.29 is 9.53 Å². The third kappa shape index (κ3) is 4.33. The van der Waals surface area contributed by atoms with Gasteiger partial charge in [-0.05, 0) is 40.0 Å². The molecular formula is C16H22N4O2. The van der Waals surface area contributed by atoms with Crippen LogP contribution >= 0.6 is 0 Å². The molecule has 0 saturated carbocycles. The summed E-state index contributed by atoms with van der Waals surface area (Å²) in [5.41, 5.74) is 1.16. The van der Waals surface area contributed by atoms with Crippen molar-refractivity contribution >= 4 is 11.9 Å². The lowest BCUT2D eigenvalue weighted by Gasteiger charge is -2.19. The van der Waals surface area contributed by atoms with E-state index in [1.165, 1.54) is 0 Å². The van der Waals surface area contributed by atoms with E-state index >= 15 is 0 Å². The van der Waals surface area contributed by atoms with E-state index in [9.17, 15) is 4.79 Å². The van der Waals surface area contributed by atoms with Gasteiger partial charge in [0.1, 0.15) is 11.4 Å². The molecule has 2 rings (SSSR count). The molecule has 0 aliphatic heterocycles. The predicted octanol–water partition coefficient (Wildman–Crippen LogP) is 2.94. The van der Waals surface area contributed by atoms with Gasteiger partial charge in [-0.2, -0.15) is 5.10 Å². The Labute approximate surface area is 130 Å². The van der Waals surface area contributed by atoms with E-state index in [1.807, 2.05) is 64.2 Å². The van der Waals surface area contributed by atoms with Crippen molar-refractivity contribution in [3.8, 4) is 5.69 Å². The van der Waals surface area contributed by atoms with Crippen LogP contribution in [0.2, 0.25) is 0 Å². The number of hydrogen-bond acceptors (Lipinski definition) is 4. The molecule has 1 heterocycles. The minimum Gasteiger partial charge on any atom is -0.444 e. The SMILES string of the molecule is CNCc1cc(NC(=O)OC(C)(C)C)n(-c2ccccc2)n1. The van der Waals surface area contributed by atoms with Gasteiger partial charge in [0.05, 0.1) is 11.4 Å². The number of nitrogens with zero attached hydrogens (tertiary/aromatic N) is 2. The first-order valence-electron chi connectivity index (χ1n) is 7.18. The number of benzene rings is 1. The molecule has 0 spiro atoms. The summed E-state index contributed by atoms with van der Waals surface area (Å²) in [6.45, 7) is 6.09. The van der Waals surface area contributed by atoms with Gasteiger partial charge in [0.15, 0.2) is 0 Å². The number of nitrogens with one attached hydrogen (secondary N) is 2. The minimum absolute atomic E-state index is 0.499. The third-order valence-electron chi connectivity index (χ3n) is 2.75. The molecule has 0 bridgehead atoms. The lowest BCUT2D eigenvalue weighted by molar-refractivity contribution is 0.0635. The van der Waals surface area contributed by atoms with E-state index in [2.05, 4.69) is 15.7 Å². The molecule has 0 fully saturated rings. The van der Waals surface area contributed by atoms with Crippen molar-refractivity contribution in [2.45, 2.75) is 32.9 Å². The van der Waals surface area contributed by atoms with Gasteiger partial charge in [-0.3, -0.25) is 5.32 Å². The molecule has 2 N–H and O–H groups in total. The van der Waals surface area contributed by atoms with Crippen molar-refractivity contribution in [1.29, 1.82) is 0 Å². The molecule has 1 aromatic carbocycles. The number of carbonyl (C=O) groups is 1. The molecule has 0 aliphatic carbocycles. The molecule has 0 aliphatic rings. The summed E-state index contributed by atoms with van der Waals surface area (Å²) in [5.74, 6) is 0.575. The largest absolute Gasteiger partial charge is 0.444 e. The zero-order chi connectivity index (χ0) is 16.2. The van der Waals surface area contributed by atoms with Gasteiger partial charge < -0.3 is 10.1 Å². The van der Waals surface area contributed by atoms with E-state index in [-0.39, 0.29) is 0 Å². The quantitative estimate of drug-likeness (QED) is 0.911. The van der Waals surface area contributed by atoms with Crippen molar-refractivity contribution in [2.24, 2.45) is 0 Å². The maximum absolute atomic E-state index is 12.0. The van der Waals surface area contributed by atoms with Crippen LogP contribution in [0.3, 0.4) is 0 Å². The highest BCUT2D eigenvalue weighted by atomic mass is 16.6. The van der Waals surface area contributed by atoms with Crippen molar-refractivity contribution in [3.63, 3.8) is 0 Å². The average molecular weight is 302 g/mol. The third-order valence-corrected chi connectivity index (χ3v) is 2.75. The van der Waals surface area contributed by atoms with E-state index in [0.29, 0.717) is 12.4 Å². The number of carbonyl (C=O) groups excluding carboxylic acids is 1. The number of rotatable bonds is 4. The van der Waals surface area contributed by atoms with Crippen LogP contribution in [0.25, 0.3) is 5.69 Å². The molecule has 0 saturated heterocycles. The molecule has 1 aromatic heterocycles. The summed E-state index contributed by atoms with van der Waals surface area (Å²) >= 11 is 0. The Bertz CT molecular complexity index is 629. The summed E-state index contributed by atoms with van der Waals surface area (Å²) < 4.78 is 6.99. The molecule has 118 valence electrons. The van der Waals surface area contributed by atoms with Crippen molar-refractivity contribution in [2.75, 3.05) is 12.4 Å². The molecule has 6 heteroatoms. The first-order valence-corrected chi connectivity index (χ1v) is 7.18.